The molecule has 0 saturated heterocycles. The van der Waals surface area contributed by atoms with Crippen LogP contribution in [0.3, 0.4) is 0 Å². The van der Waals surface area contributed by atoms with Gasteiger partial charge in [-0.1, -0.05) is 24.3 Å². The van der Waals surface area contributed by atoms with Gasteiger partial charge in [0.25, 0.3) is 0 Å². The van der Waals surface area contributed by atoms with E-state index in [-0.39, 0.29) is 12.2 Å². The van der Waals surface area contributed by atoms with Crippen molar-refractivity contribution in [2.24, 2.45) is 5.73 Å². The van der Waals surface area contributed by atoms with Gasteiger partial charge in [-0.3, -0.25) is 4.79 Å². The molecule has 0 heterocycles. The minimum atomic E-state index is -4.39. The van der Waals surface area contributed by atoms with Gasteiger partial charge in [0.2, 0.25) is 5.91 Å². The number of amides is 1. The fraction of sp³-hybridized carbons (Fsp3) is 0.133. The maximum atomic E-state index is 12.5. The summed E-state index contributed by atoms with van der Waals surface area (Å²) in [7, 11) is 0. The van der Waals surface area contributed by atoms with Crippen LogP contribution in [0.4, 0.5) is 13.2 Å². The minimum absolute atomic E-state index is 0.148. The standard InChI is InChI=1S/C15H12F3NO2/c16-15(17,18)12-5-3-9(4-6-12)10-1-2-11(8-20)13(7-10)14(19)21/h1-7,20H,8H2,(H2,19,21). The predicted molar refractivity (Wildman–Crippen MR) is 71.3 cm³/mol. The SMILES string of the molecule is NC(=O)c1cc(-c2ccc(C(F)(F)F)cc2)ccc1CO. The van der Waals surface area contributed by atoms with Crippen molar-refractivity contribution >= 4 is 5.91 Å². The molecule has 6 heteroatoms. The van der Waals surface area contributed by atoms with Crippen molar-refractivity contribution in [2.45, 2.75) is 12.8 Å². The topological polar surface area (TPSA) is 63.3 Å². The average Bonchev–Trinajstić information content (AvgIpc) is 2.45. The van der Waals surface area contributed by atoms with E-state index in [2.05, 4.69) is 0 Å². The number of alkyl halides is 3. The number of halogens is 3. The summed E-state index contributed by atoms with van der Waals surface area (Å²) in [6.07, 6.45) is -4.39. The molecule has 3 N–H and O–H groups in total. The van der Waals surface area contributed by atoms with Crippen LogP contribution in [0.15, 0.2) is 42.5 Å². The summed E-state index contributed by atoms with van der Waals surface area (Å²) in [6, 6.07) is 9.17. The number of benzene rings is 2. The van der Waals surface area contributed by atoms with E-state index in [4.69, 9.17) is 10.8 Å². The molecule has 2 aromatic rings. The van der Waals surface area contributed by atoms with Gasteiger partial charge >= 0.3 is 6.18 Å². The van der Waals surface area contributed by atoms with Crippen LogP contribution in [-0.2, 0) is 12.8 Å². The van der Waals surface area contributed by atoms with Gasteiger partial charge < -0.3 is 10.8 Å². The zero-order valence-electron chi connectivity index (χ0n) is 10.8. The van der Waals surface area contributed by atoms with E-state index in [9.17, 15) is 18.0 Å². The van der Waals surface area contributed by atoms with Crippen molar-refractivity contribution in [2.75, 3.05) is 0 Å². The third kappa shape index (κ3) is 3.22. The lowest BCUT2D eigenvalue weighted by Crippen LogP contribution is -2.14. The van der Waals surface area contributed by atoms with E-state index in [1.807, 2.05) is 0 Å². The Morgan fingerprint density at radius 1 is 1.05 bits per heavy atom. The van der Waals surface area contributed by atoms with Crippen LogP contribution in [0, 0.1) is 0 Å². The summed E-state index contributed by atoms with van der Waals surface area (Å²) in [4.78, 5) is 11.3. The quantitative estimate of drug-likeness (QED) is 0.914. The van der Waals surface area contributed by atoms with Crippen LogP contribution in [0.25, 0.3) is 11.1 Å². The highest BCUT2D eigenvalue weighted by atomic mass is 19.4. The number of primary amides is 1. The van der Waals surface area contributed by atoms with Gasteiger partial charge in [0.05, 0.1) is 12.2 Å². The Kier molecular flexibility index (Phi) is 3.99. The van der Waals surface area contributed by atoms with Crippen LogP contribution in [0.5, 0.6) is 0 Å². The van der Waals surface area contributed by atoms with Crippen LogP contribution in [-0.4, -0.2) is 11.0 Å². The highest BCUT2D eigenvalue weighted by Crippen LogP contribution is 2.31. The number of hydrogen-bond donors (Lipinski definition) is 2. The number of aliphatic hydroxyl groups is 1. The molecular weight excluding hydrogens is 283 g/mol. The van der Waals surface area contributed by atoms with Gasteiger partial charge in [0.1, 0.15) is 0 Å². The Balaban J connectivity index is 2.43. The smallest absolute Gasteiger partial charge is 0.392 e. The number of hydrogen-bond acceptors (Lipinski definition) is 2. The third-order valence-corrected chi connectivity index (χ3v) is 3.09. The predicted octanol–water partition coefficient (Wildman–Crippen LogP) is 2.96. The summed E-state index contributed by atoms with van der Waals surface area (Å²) in [6.45, 7) is -0.342. The van der Waals surface area contributed by atoms with Crippen LogP contribution >= 0.6 is 0 Å². The molecule has 0 spiro atoms. The zero-order valence-corrected chi connectivity index (χ0v) is 10.8. The molecule has 0 aliphatic heterocycles. The molecule has 0 atom stereocenters. The van der Waals surface area contributed by atoms with Crippen LogP contribution < -0.4 is 5.73 Å². The first-order chi connectivity index (χ1) is 9.82. The average molecular weight is 295 g/mol. The van der Waals surface area contributed by atoms with Gasteiger partial charge in [-0.15, -0.1) is 0 Å². The first kappa shape index (κ1) is 15.1. The van der Waals surface area contributed by atoms with Crippen molar-refractivity contribution in [3.05, 3.63) is 59.2 Å². The zero-order chi connectivity index (χ0) is 15.6. The molecule has 0 aliphatic rings. The minimum Gasteiger partial charge on any atom is -0.392 e. The van der Waals surface area contributed by atoms with Crippen molar-refractivity contribution in [1.82, 2.24) is 0 Å². The second kappa shape index (κ2) is 5.57. The lowest BCUT2D eigenvalue weighted by atomic mass is 9.98. The summed E-state index contributed by atoms with van der Waals surface area (Å²) >= 11 is 0. The molecule has 0 aliphatic carbocycles. The van der Waals surface area contributed by atoms with Crippen molar-refractivity contribution < 1.29 is 23.1 Å². The second-order valence-electron chi connectivity index (χ2n) is 4.47. The Bertz CT molecular complexity index is 664. The summed E-state index contributed by atoms with van der Waals surface area (Å²) < 4.78 is 37.5. The van der Waals surface area contributed by atoms with Gasteiger partial charge in [0, 0.05) is 5.56 Å². The van der Waals surface area contributed by atoms with Gasteiger partial charge in [0.15, 0.2) is 0 Å². The molecular formula is C15H12F3NO2. The van der Waals surface area contributed by atoms with Crippen LogP contribution in [0.1, 0.15) is 21.5 Å². The van der Waals surface area contributed by atoms with Crippen molar-refractivity contribution in [3.63, 3.8) is 0 Å². The van der Waals surface area contributed by atoms with E-state index in [1.54, 1.807) is 6.07 Å². The fourth-order valence-electron chi connectivity index (χ4n) is 1.97. The number of nitrogens with two attached hydrogens (primary N) is 1. The van der Waals surface area contributed by atoms with Gasteiger partial charge in [-0.25, -0.2) is 0 Å². The Hall–Kier alpha value is -2.34. The molecule has 0 bridgehead atoms. The normalized spacial score (nSPS) is 11.4. The second-order valence-corrected chi connectivity index (χ2v) is 4.47. The fourth-order valence-corrected chi connectivity index (χ4v) is 1.97. The first-order valence-electron chi connectivity index (χ1n) is 6.04. The molecule has 2 aromatic carbocycles. The molecule has 21 heavy (non-hydrogen) atoms. The van der Waals surface area contributed by atoms with E-state index >= 15 is 0 Å². The largest absolute Gasteiger partial charge is 0.416 e. The number of aliphatic hydroxyl groups excluding tert-OH is 1. The monoisotopic (exact) mass is 295 g/mol. The molecule has 0 saturated carbocycles. The van der Waals surface area contributed by atoms with Crippen molar-refractivity contribution in [3.8, 4) is 11.1 Å². The maximum Gasteiger partial charge on any atom is 0.416 e. The Morgan fingerprint density at radius 3 is 2.10 bits per heavy atom. The Morgan fingerprint density at radius 2 is 1.62 bits per heavy atom. The molecule has 1 amide bonds. The number of rotatable bonds is 3. The van der Waals surface area contributed by atoms with Crippen LogP contribution in [0.2, 0.25) is 0 Å². The molecule has 0 aromatic heterocycles. The number of carbonyl (C=O) groups excluding carboxylic acids is 1. The lowest BCUT2D eigenvalue weighted by Gasteiger charge is -2.10. The highest BCUT2D eigenvalue weighted by Gasteiger charge is 2.29. The van der Waals surface area contributed by atoms with Gasteiger partial charge in [-0.05, 0) is 34.9 Å². The highest BCUT2D eigenvalue weighted by molar-refractivity contribution is 5.95. The number of carbonyl (C=O) groups is 1. The lowest BCUT2D eigenvalue weighted by molar-refractivity contribution is -0.137. The van der Waals surface area contributed by atoms with E-state index in [1.165, 1.54) is 24.3 Å². The summed E-state index contributed by atoms with van der Waals surface area (Å²) in [5.74, 6) is -0.701. The van der Waals surface area contributed by atoms with E-state index < -0.39 is 17.6 Å². The van der Waals surface area contributed by atoms with Gasteiger partial charge in [-0.2, -0.15) is 13.2 Å². The third-order valence-electron chi connectivity index (χ3n) is 3.09. The Labute approximate surface area is 118 Å². The van der Waals surface area contributed by atoms with E-state index in [0.29, 0.717) is 16.7 Å². The molecule has 0 unspecified atom stereocenters. The molecule has 110 valence electrons. The van der Waals surface area contributed by atoms with E-state index in [0.717, 1.165) is 12.1 Å². The molecule has 0 fully saturated rings. The summed E-state index contributed by atoms with van der Waals surface area (Å²) in [5, 5.41) is 9.12. The first-order valence-corrected chi connectivity index (χ1v) is 6.04. The molecule has 0 radical (unpaired) electrons. The molecule has 2 rings (SSSR count). The maximum absolute atomic E-state index is 12.5. The summed E-state index contributed by atoms with van der Waals surface area (Å²) in [5.41, 5.74) is 6.07. The van der Waals surface area contributed by atoms with Crippen molar-refractivity contribution in [1.29, 1.82) is 0 Å². The molecule has 3 nitrogen and oxygen atoms in total.